The lowest BCUT2D eigenvalue weighted by Crippen LogP contribution is -2.52. The fourth-order valence-electron chi connectivity index (χ4n) is 1.97. The van der Waals surface area contributed by atoms with Crippen LogP contribution in [0.2, 0.25) is 36.3 Å². The number of hydrogen-bond donors (Lipinski definition) is 0. The van der Waals surface area contributed by atoms with E-state index in [9.17, 15) is 0 Å². The first-order valence-corrected chi connectivity index (χ1v) is 16.3. The van der Waals surface area contributed by atoms with Crippen LogP contribution in [0.5, 0.6) is 0 Å². The minimum absolute atomic E-state index is 0.0336. The molecular weight excluding hydrogens is 490 g/mol. The van der Waals surface area contributed by atoms with Gasteiger partial charge in [0.25, 0.3) is 0 Å². The summed E-state index contributed by atoms with van der Waals surface area (Å²) >= 11 is 8.15. The lowest BCUT2D eigenvalue weighted by Gasteiger charge is -2.41. The summed E-state index contributed by atoms with van der Waals surface area (Å²) in [6.07, 6.45) is -1.31. The monoisotopic (exact) mass is 524 g/mol. The smallest absolute Gasteiger partial charge is 0.245 e. The van der Waals surface area contributed by atoms with Gasteiger partial charge < -0.3 is 13.6 Å². The van der Waals surface area contributed by atoms with Gasteiger partial charge in [0, 0.05) is 0 Å². The van der Waals surface area contributed by atoms with Crippen LogP contribution in [-0.4, -0.2) is 44.7 Å². The fraction of sp³-hybridized carbons (Fsp3) is 1.00. The lowest BCUT2D eigenvalue weighted by atomic mass is 10.2. The number of ether oxygens (including phenoxy) is 1. The molecule has 0 saturated carbocycles. The van der Waals surface area contributed by atoms with Crippen LogP contribution < -0.4 is 0 Å². The molecule has 0 aliphatic carbocycles. The topological polar surface area (TPSA) is 27.7 Å². The molecule has 3 nitrogen and oxygen atoms in total. The summed E-state index contributed by atoms with van der Waals surface area (Å²) in [6, 6.07) is 0. The van der Waals surface area contributed by atoms with Crippen molar-refractivity contribution >= 4 is 50.8 Å². The van der Waals surface area contributed by atoms with E-state index in [-0.39, 0.29) is 10.1 Å². The van der Waals surface area contributed by atoms with Gasteiger partial charge in [-0.1, -0.05) is 53.1 Å². The second kappa shape index (κ2) is 7.59. The number of rotatable bonds is 5. The summed E-state index contributed by atoms with van der Waals surface area (Å²) in [5.74, 6) is 0. The van der Waals surface area contributed by atoms with Crippen molar-refractivity contribution in [2.75, 3.05) is 6.61 Å². The Morgan fingerprint density at radius 3 is 1.88 bits per heavy atom. The highest BCUT2D eigenvalue weighted by atomic mass is 127. The highest BCUT2D eigenvalue weighted by molar-refractivity contribution is 14.1. The Kier molecular flexibility index (Phi) is 7.38. The summed E-state index contributed by atoms with van der Waals surface area (Å²) in [7, 11) is -4.15. The average Bonchev–Trinajstić information content (AvgIpc) is 2.57. The van der Waals surface area contributed by atoms with Crippen molar-refractivity contribution in [1.29, 1.82) is 0 Å². The molecule has 1 fully saturated rings. The van der Waals surface area contributed by atoms with E-state index in [1.165, 1.54) is 0 Å². The zero-order chi connectivity index (χ0) is 20.1. The molecule has 0 N–H and O–H groups in total. The van der Waals surface area contributed by atoms with Gasteiger partial charge in [0.15, 0.2) is 20.7 Å². The molecule has 1 aliphatic heterocycles. The van der Waals surface area contributed by atoms with Crippen LogP contribution in [0.3, 0.4) is 0 Å². The predicted molar refractivity (Wildman–Crippen MR) is 118 cm³/mol. The van der Waals surface area contributed by atoms with Crippen LogP contribution in [0.25, 0.3) is 0 Å². The average molecular weight is 525 g/mol. The molecule has 1 aliphatic rings. The van der Waals surface area contributed by atoms with Crippen LogP contribution in [0.1, 0.15) is 41.5 Å². The molecule has 150 valence electrons. The molecule has 1 heterocycles. The van der Waals surface area contributed by atoms with Gasteiger partial charge in [0.05, 0.1) is 6.61 Å². The SMILES string of the molecule is CC(C)(C)[Si](C)(C)OC[C@H]1OC(I)[C@](F)(Cl)[C@@H]1O[Si](C)(C)C(C)(C)C. The third-order valence-electron chi connectivity index (χ3n) is 5.96. The van der Waals surface area contributed by atoms with Gasteiger partial charge in [-0.25, -0.2) is 4.39 Å². The largest absolute Gasteiger partial charge is 0.414 e. The predicted octanol–water partition coefficient (Wildman–Crippen LogP) is 6.46. The maximum atomic E-state index is 15.2. The normalized spacial score (nSPS) is 32.3. The van der Waals surface area contributed by atoms with Crippen LogP contribution in [-0.2, 0) is 13.6 Å². The Bertz CT molecular complexity index is 475. The molecule has 1 unspecified atom stereocenters. The molecule has 4 atom stereocenters. The van der Waals surface area contributed by atoms with Crippen molar-refractivity contribution in [2.45, 2.75) is 99.3 Å². The molecule has 0 amide bonds. The number of alkyl halides is 3. The molecule has 0 aromatic carbocycles. The summed E-state index contributed by atoms with van der Waals surface area (Å²) in [4.78, 5) is 0. The van der Waals surface area contributed by atoms with Crippen molar-refractivity contribution in [3.8, 4) is 0 Å². The maximum absolute atomic E-state index is 15.2. The summed E-state index contributed by atoms with van der Waals surface area (Å²) in [5.41, 5.74) is 0. The molecular formula is C17H35ClFIO3Si2. The highest BCUT2D eigenvalue weighted by Gasteiger charge is 2.59. The van der Waals surface area contributed by atoms with E-state index >= 15 is 4.39 Å². The second-order valence-corrected chi connectivity index (χ2v) is 21.3. The van der Waals surface area contributed by atoms with Crippen LogP contribution in [0.4, 0.5) is 4.39 Å². The molecule has 1 saturated heterocycles. The minimum atomic E-state index is -2.19. The molecule has 0 aromatic rings. The van der Waals surface area contributed by atoms with E-state index in [0.717, 1.165) is 0 Å². The van der Waals surface area contributed by atoms with E-state index in [1.54, 1.807) is 0 Å². The standard InChI is InChI=1S/C17H35ClFIO3Si2/c1-15(2,3)24(7,8)21-11-12-13(17(18,19)14(20)22-12)23-25(9,10)16(4,5)6/h12-14H,11H2,1-10H3/t12-,13-,14?,17+/m1/s1. The van der Waals surface area contributed by atoms with E-state index in [1.807, 2.05) is 22.6 Å². The quantitative estimate of drug-likeness (QED) is 0.234. The van der Waals surface area contributed by atoms with Gasteiger partial charge in [0.1, 0.15) is 12.2 Å². The van der Waals surface area contributed by atoms with Crippen molar-refractivity contribution in [2.24, 2.45) is 0 Å². The minimum Gasteiger partial charge on any atom is -0.414 e. The Labute approximate surface area is 174 Å². The van der Waals surface area contributed by atoms with Crippen molar-refractivity contribution in [3.05, 3.63) is 0 Å². The van der Waals surface area contributed by atoms with Crippen LogP contribution in [0.15, 0.2) is 0 Å². The first-order chi connectivity index (χ1) is 10.8. The third kappa shape index (κ3) is 5.41. The van der Waals surface area contributed by atoms with Crippen molar-refractivity contribution < 1.29 is 18.0 Å². The molecule has 0 spiro atoms. The Balaban J connectivity index is 2.98. The fourth-order valence-corrected chi connectivity index (χ4v) is 5.34. The van der Waals surface area contributed by atoms with Crippen molar-refractivity contribution in [1.82, 2.24) is 0 Å². The number of hydrogen-bond acceptors (Lipinski definition) is 3. The van der Waals surface area contributed by atoms with E-state index < -0.39 is 38.1 Å². The Morgan fingerprint density at radius 2 is 1.48 bits per heavy atom. The molecule has 0 aromatic heterocycles. The molecule has 25 heavy (non-hydrogen) atoms. The summed E-state index contributed by atoms with van der Waals surface area (Å²) in [6.45, 7) is 21.8. The van der Waals surface area contributed by atoms with Gasteiger partial charge in [-0.15, -0.1) is 0 Å². The molecule has 0 bridgehead atoms. The molecule has 0 radical (unpaired) electrons. The number of halogens is 3. The van der Waals surface area contributed by atoms with Gasteiger partial charge in [-0.3, -0.25) is 0 Å². The zero-order valence-electron chi connectivity index (χ0n) is 17.3. The molecule has 8 heteroatoms. The van der Waals surface area contributed by atoms with Gasteiger partial charge in [0.2, 0.25) is 5.13 Å². The van der Waals surface area contributed by atoms with Gasteiger partial charge in [-0.05, 0) is 58.9 Å². The first kappa shape index (κ1) is 24.3. The maximum Gasteiger partial charge on any atom is 0.245 e. The van der Waals surface area contributed by atoms with E-state index in [0.29, 0.717) is 6.61 Å². The first-order valence-electron chi connectivity index (χ1n) is 8.82. The second-order valence-electron chi connectivity index (χ2n) is 10.0. The Morgan fingerprint density at radius 1 is 1.04 bits per heavy atom. The van der Waals surface area contributed by atoms with Gasteiger partial charge in [-0.2, -0.15) is 0 Å². The molecule has 1 rings (SSSR count). The van der Waals surface area contributed by atoms with E-state index in [2.05, 4.69) is 67.7 Å². The van der Waals surface area contributed by atoms with Gasteiger partial charge >= 0.3 is 0 Å². The van der Waals surface area contributed by atoms with Crippen LogP contribution in [0, 0.1) is 0 Å². The van der Waals surface area contributed by atoms with Crippen LogP contribution >= 0.6 is 34.2 Å². The Hall–Kier alpha value is 1.26. The third-order valence-corrected chi connectivity index (χ3v) is 16.9. The lowest BCUT2D eigenvalue weighted by molar-refractivity contribution is 0.00458. The highest BCUT2D eigenvalue weighted by Crippen LogP contribution is 2.48. The summed E-state index contributed by atoms with van der Waals surface area (Å²) < 4.78 is 32.9. The van der Waals surface area contributed by atoms with Crippen molar-refractivity contribution in [3.63, 3.8) is 0 Å². The zero-order valence-corrected chi connectivity index (χ0v) is 22.2. The van der Waals surface area contributed by atoms with E-state index in [4.69, 9.17) is 25.2 Å². The summed E-state index contributed by atoms with van der Waals surface area (Å²) in [5, 5.41) is -2.00.